The van der Waals surface area contributed by atoms with Gasteiger partial charge in [-0.3, -0.25) is 14.9 Å². The lowest BCUT2D eigenvalue weighted by Gasteiger charge is -2.15. The number of alkyl halides is 5. The average Bonchev–Trinajstić information content (AvgIpc) is 3.31. The molecule has 5 rings (SSSR count). The number of nitrogens with zero attached hydrogens (tertiary/aromatic N) is 4. The zero-order valence-electron chi connectivity index (χ0n) is 21.2. The highest BCUT2D eigenvalue weighted by molar-refractivity contribution is 6.07. The number of rotatable bonds is 7. The van der Waals surface area contributed by atoms with Crippen molar-refractivity contribution >= 4 is 34.3 Å². The Morgan fingerprint density at radius 3 is 2.34 bits per heavy atom. The fraction of sp³-hybridized carbons (Fsp3) is 0.148. The van der Waals surface area contributed by atoms with E-state index in [2.05, 4.69) is 35.8 Å². The Morgan fingerprint density at radius 1 is 0.927 bits per heavy atom. The van der Waals surface area contributed by atoms with E-state index in [1.54, 1.807) is 18.3 Å². The zero-order chi connectivity index (χ0) is 29.4. The van der Waals surface area contributed by atoms with Crippen molar-refractivity contribution in [1.29, 1.82) is 0 Å². The molecule has 0 aliphatic heterocycles. The van der Waals surface area contributed by atoms with Crippen LogP contribution >= 0.6 is 0 Å². The quantitative estimate of drug-likeness (QED) is 0.177. The smallest absolute Gasteiger partial charge is 0.384 e. The van der Waals surface area contributed by atoms with Gasteiger partial charge in [0, 0.05) is 31.4 Å². The third-order valence-electron chi connectivity index (χ3n) is 6.12. The van der Waals surface area contributed by atoms with Crippen LogP contribution in [0.2, 0.25) is 0 Å². The molecule has 0 bridgehead atoms. The summed E-state index contributed by atoms with van der Waals surface area (Å²) in [6.07, 6.45) is -1.48. The minimum absolute atomic E-state index is 0.0202. The number of carbonyl (C=O) groups is 1. The van der Waals surface area contributed by atoms with Crippen molar-refractivity contribution in [3.8, 4) is 11.1 Å². The summed E-state index contributed by atoms with van der Waals surface area (Å²) in [6.45, 7) is 0.799. The van der Waals surface area contributed by atoms with E-state index >= 15 is 0 Å². The van der Waals surface area contributed by atoms with E-state index in [4.69, 9.17) is 5.73 Å². The number of hydrogen-bond donors (Lipinski definition) is 4. The second-order valence-electron chi connectivity index (χ2n) is 9.18. The van der Waals surface area contributed by atoms with Crippen LogP contribution in [0.25, 0.3) is 22.2 Å². The van der Waals surface area contributed by atoms with Gasteiger partial charge >= 0.3 is 6.18 Å². The van der Waals surface area contributed by atoms with Gasteiger partial charge < -0.3 is 16.4 Å². The van der Waals surface area contributed by atoms with E-state index in [0.29, 0.717) is 36.0 Å². The number of benzene rings is 1. The molecular formula is C27H21F5N8O. The summed E-state index contributed by atoms with van der Waals surface area (Å²) in [6, 6.07) is 12.0. The van der Waals surface area contributed by atoms with Gasteiger partial charge in [-0.05, 0) is 35.4 Å². The van der Waals surface area contributed by atoms with Crippen molar-refractivity contribution in [2.75, 3.05) is 16.4 Å². The van der Waals surface area contributed by atoms with E-state index in [-0.39, 0.29) is 18.1 Å². The summed E-state index contributed by atoms with van der Waals surface area (Å²) >= 11 is 0. The van der Waals surface area contributed by atoms with Crippen molar-refractivity contribution in [3.63, 3.8) is 0 Å². The number of aromatic nitrogens is 5. The molecule has 0 aliphatic rings. The first kappa shape index (κ1) is 27.4. The predicted molar refractivity (Wildman–Crippen MR) is 142 cm³/mol. The van der Waals surface area contributed by atoms with Crippen LogP contribution in [0.15, 0.2) is 67.1 Å². The fourth-order valence-corrected chi connectivity index (χ4v) is 3.94. The molecule has 0 aliphatic carbocycles. The lowest BCUT2D eigenvalue weighted by atomic mass is 10.0. The number of anilines is 3. The summed E-state index contributed by atoms with van der Waals surface area (Å²) in [5, 5.41) is 12.6. The summed E-state index contributed by atoms with van der Waals surface area (Å²) in [5.74, 6) is -3.83. The Kier molecular flexibility index (Phi) is 6.99. The van der Waals surface area contributed by atoms with Crippen molar-refractivity contribution in [2.24, 2.45) is 0 Å². The molecule has 0 spiro atoms. The normalized spacial score (nSPS) is 12.0. The molecule has 0 radical (unpaired) electrons. The highest BCUT2D eigenvalue weighted by Gasteiger charge is 2.33. The second-order valence-corrected chi connectivity index (χ2v) is 9.18. The standard InChI is InChI=1S/C27H21F5N8O/c1-26(28,29)21-7-6-18(13-34-21)38-25(41)20-9-17(27(30,31)32)12-37-23(20)35-10-14-2-4-15(5-3-14)16-8-19-22(33)39-40-24(19)36-11-16/h2-9,11-13H,10H2,1H3,(H,35,37)(H,38,41)(H3,33,36,39,40). The highest BCUT2D eigenvalue weighted by atomic mass is 19.4. The number of nitrogen functional groups attached to an aromatic ring is 1. The molecule has 1 aromatic carbocycles. The maximum atomic E-state index is 13.4. The Balaban J connectivity index is 1.34. The lowest BCUT2D eigenvalue weighted by Crippen LogP contribution is -2.18. The molecule has 0 fully saturated rings. The Hall–Kier alpha value is -5.14. The SMILES string of the molecule is CC(F)(F)c1ccc(NC(=O)c2cc(C(F)(F)F)cnc2NCc2ccc(-c3cnc4n[nH]c(N)c4c3)cc2)cn1. The van der Waals surface area contributed by atoms with Gasteiger partial charge in [0.1, 0.15) is 17.3 Å². The monoisotopic (exact) mass is 568 g/mol. The molecule has 0 atom stereocenters. The van der Waals surface area contributed by atoms with Crippen molar-refractivity contribution in [2.45, 2.75) is 25.6 Å². The summed E-state index contributed by atoms with van der Waals surface area (Å²) in [5.41, 5.74) is 6.75. The van der Waals surface area contributed by atoms with E-state index in [9.17, 15) is 26.7 Å². The molecule has 14 heteroatoms. The molecule has 5 N–H and O–H groups in total. The molecule has 41 heavy (non-hydrogen) atoms. The molecule has 210 valence electrons. The van der Waals surface area contributed by atoms with Gasteiger partial charge in [0.05, 0.1) is 28.4 Å². The fourth-order valence-electron chi connectivity index (χ4n) is 3.94. The maximum absolute atomic E-state index is 13.4. The number of fused-ring (bicyclic) bond motifs is 1. The van der Waals surface area contributed by atoms with Crippen molar-refractivity contribution in [1.82, 2.24) is 25.1 Å². The van der Waals surface area contributed by atoms with Crippen LogP contribution in [0.4, 0.5) is 39.3 Å². The molecule has 9 nitrogen and oxygen atoms in total. The van der Waals surface area contributed by atoms with Gasteiger partial charge in [-0.25, -0.2) is 9.97 Å². The number of carbonyl (C=O) groups excluding carboxylic acids is 1. The Bertz CT molecular complexity index is 1710. The highest BCUT2D eigenvalue weighted by Crippen LogP contribution is 2.32. The summed E-state index contributed by atoms with van der Waals surface area (Å²) in [4.78, 5) is 24.7. The van der Waals surface area contributed by atoms with Crippen molar-refractivity contribution < 1.29 is 26.7 Å². The number of hydrogen-bond acceptors (Lipinski definition) is 7. The molecule has 0 saturated heterocycles. The number of halogens is 5. The second kappa shape index (κ2) is 10.4. The van der Waals surface area contributed by atoms with Gasteiger partial charge in [0.2, 0.25) is 0 Å². The predicted octanol–water partition coefficient (Wildman–Crippen LogP) is 5.99. The number of nitrogens with two attached hydrogens (primary N) is 1. The van der Waals surface area contributed by atoms with Gasteiger partial charge in [-0.2, -0.15) is 27.1 Å². The topological polar surface area (TPSA) is 134 Å². The molecule has 0 unspecified atom stereocenters. The molecule has 5 aromatic rings. The number of nitrogens with one attached hydrogen (secondary N) is 3. The molecule has 1 amide bonds. The minimum Gasteiger partial charge on any atom is -0.384 e. The Labute approximate surface area is 229 Å². The third-order valence-corrected chi connectivity index (χ3v) is 6.12. The maximum Gasteiger partial charge on any atom is 0.417 e. The van der Waals surface area contributed by atoms with Crippen LogP contribution in [0.1, 0.15) is 34.1 Å². The number of amides is 1. The zero-order valence-corrected chi connectivity index (χ0v) is 21.2. The van der Waals surface area contributed by atoms with Gasteiger partial charge in [0.15, 0.2) is 5.65 Å². The van der Waals surface area contributed by atoms with Crippen LogP contribution in [0, 0.1) is 0 Å². The number of pyridine rings is 3. The average molecular weight is 569 g/mol. The van der Waals surface area contributed by atoms with Crippen LogP contribution in [-0.4, -0.2) is 31.1 Å². The summed E-state index contributed by atoms with van der Waals surface area (Å²) in [7, 11) is 0. The first-order valence-corrected chi connectivity index (χ1v) is 12.0. The first-order valence-electron chi connectivity index (χ1n) is 12.0. The van der Waals surface area contributed by atoms with Crippen LogP contribution in [0.3, 0.4) is 0 Å². The van der Waals surface area contributed by atoms with E-state index in [1.807, 2.05) is 18.2 Å². The van der Waals surface area contributed by atoms with E-state index in [1.165, 1.54) is 6.07 Å². The van der Waals surface area contributed by atoms with Crippen LogP contribution < -0.4 is 16.4 Å². The van der Waals surface area contributed by atoms with Crippen LogP contribution in [-0.2, 0) is 18.6 Å². The van der Waals surface area contributed by atoms with Crippen molar-refractivity contribution in [3.05, 3.63) is 89.5 Å². The van der Waals surface area contributed by atoms with E-state index < -0.39 is 34.8 Å². The summed E-state index contributed by atoms with van der Waals surface area (Å²) < 4.78 is 67.0. The molecular weight excluding hydrogens is 547 g/mol. The molecule has 4 aromatic heterocycles. The third kappa shape index (κ3) is 6.05. The van der Waals surface area contributed by atoms with Gasteiger partial charge in [-0.15, -0.1) is 0 Å². The molecule has 4 heterocycles. The van der Waals surface area contributed by atoms with Crippen LogP contribution in [0.5, 0.6) is 0 Å². The lowest BCUT2D eigenvalue weighted by molar-refractivity contribution is -0.137. The number of H-pyrrole nitrogens is 1. The largest absolute Gasteiger partial charge is 0.417 e. The minimum atomic E-state index is -4.74. The van der Waals surface area contributed by atoms with Gasteiger partial charge in [0.25, 0.3) is 11.8 Å². The molecule has 0 saturated carbocycles. The number of aromatic amines is 1. The van der Waals surface area contributed by atoms with E-state index in [0.717, 1.165) is 29.0 Å². The first-order chi connectivity index (χ1) is 19.4. The van der Waals surface area contributed by atoms with Gasteiger partial charge in [-0.1, -0.05) is 24.3 Å². The Morgan fingerprint density at radius 2 is 1.68 bits per heavy atom.